The Labute approximate surface area is 133 Å². The summed E-state index contributed by atoms with van der Waals surface area (Å²) in [6, 6.07) is 8.08. The minimum Gasteiger partial charge on any atom is -0.382 e. The fraction of sp³-hybridized carbons (Fsp3) is 0.444. The van der Waals surface area contributed by atoms with Crippen LogP contribution >= 0.6 is 0 Å². The molecule has 1 aromatic carbocycles. The Kier molecular flexibility index (Phi) is 4.69. The Balaban J connectivity index is 2.70. The van der Waals surface area contributed by atoms with Crippen LogP contribution in [0.1, 0.15) is 34.1 Å². The minimum atomic E-state index is 0.173. The molecular formula is C18H26N4. The molecule has 0 spiro atoms. The van der Waals surface area contributed by atoms with Crippen molar-refractivity contribution >= 4 is 34.8 Å². The summed E-state index contributed by atoms with van der Waals surface area (Å²) in [6.07, 6.45) is 1.06. The number of aliphatic imine (C=N–C) groups is 1. The predicted molar refractivity (Wildman–Crippen MR) is 97.3 cm³/mol. The molecule has 2 rings (SSSR count). The number of hydrogen-bond acceptors (Lipinski definition) is 4. The first-order valence-corrected chi connectivity index (χ1v) is 7.77. The van der Waals surface area contributed by atoms with Gasteiger partial charge in [-0.15, -0.1) is 0 Å². The number of nitrogens with two attached hydrogens (primary N) is 1. The molecule has 2 N–H and O–H groups in total. The molecule has 0 bridgehead atoms. The van der Waals surface area contributed by atoms with Crippen LogP contribution in [0.4, 0.5) is 17.2 Å². The van der Waals surface area contributed by atoms with Crippen LogP contribution in [0.3, 0.4) is 0 Å². The number of para-hydroxylation sites is 1. The van der Waals surface area contributed by atoms with Gasteiger partial charge in [0.15, 0.2) is 5.82 Å². The maximum absolute atomic E-state index is 6.12. The molecule has 0 atom stereocenters. The number of nitrogens with zero attached hydrogens (tertiary/aromatic N) is 3. The third-order valence-electron chi connectivity index (χ3n) is 3.50. The quantitative estimate of drug-likeness (QED) is 0.832. The zero-order chi connectivity index (χ0) is 16.3. The van der Waals surface area contributed by atoms with Gasteiger partial charge in [-0.3, -0.25) is 4.99 Å². The van der Waals surface area contributed by atoms with Gasteiger partial charge >= 0.3 is 0 Å². The number of aromatic nitrogens is 1. The van der Waals surface area contributed by atoms with E-state index in [-0.39, 0.29) is 5.41 Å². The zero-order valence-electron chi connectivity index (χ0n) is 14.1. The first-order valence-electron chi connectivity index (χ1n) is 7.77. The third kappa shape index (κ3) is 3.38. The van der Waals surface area contributed by atoms with Gasteiger partial charge in [0, 0.05) is 18.5 Å². The van der Waals surface area contributed by atoms with E-state index in [1.54, 1.807) is 0 Å². The molecule has 1 aromatic heterocycles. The second-order valence-corrected chi connectivity index (χ2v) is 6.85. The monoisotopic (exact) mass is 298 g/mol. The van der Waals surface area contributed by atoms with E-state index in [9.17, 15) is 0 Å². The van der Waals surface area contributed by atoms with E-state index < -0.39 is 0 Å². The maximum Gasteiger partial charge on any atom is 0.152 e. The number of hydrogen-bond donors (Lipinski definition) is 1. The number of pyridine rings is 1. The van der Waals surface area contributed by atoms with Gasteiger partial charge in [0.2, 0.25) is 0 Å². The van der Waals surface area contributed by atoms with Crippen molar-refractivity contribution in [1.29, 1.82) is 0 Å². The lowest BCUT2D eigenvalue weighted by Crippen LogP contribution is -2.33. The van der Waals surface area contributed by atoms with Crippen LogP contribution in [0.2, 0.25) is 0 Å². The highest BCUT2D eigenvalue weighted by Gasteiger charge is 2.22. The fourth-order valence-electron chi connectivity index (χ4n) is 2.79. The van der Waals surface area contributed by atoms with Gasteiger partial charge in [-0.25, -0.2) is 4.98 Å². The molecule has 1 heterocycles. The maximum atomic E-state index is 6.12. The highest BCUT2D eigenvalue weighted by Crippen LogP contribution is 2.40. The fourth-order valence-corrected chi connectivity index (χ4v) is 2.79. The van der Waals surface area contributed by atoms with Crippen molar-refractivity contribution in [2.24, 2.45) is 10.4 Å². The topological polar surface area (TPSA) is 54.5 Å². The van der Waals surface area contributed by atoms with Crippen LogP contribution in [0.5, 0.6) is 0 Å². The SMILES string of the molecule is C=Nc1c(N)nc2ccccc2c1N(CCC)CC(C)(C)C. The van der Waals surface area contributed by atoms with E-state index in [4.69, 9.17) is 5.73 Å². The second kappa shape index (κ2) is 6.34. The van der Waals surface area contributed by atoms with Crippen molar-refractivity contribution in [3.8, 4) is 0 Å². The van der Waals surface area contributed by atoms with E-state index in [2.05, 4.69) is 55.4 Å². The summed E-state index contributed by atoms with van der Waals surface area (Å²) < 4.78 is 0. The van der Waals surface area contributed by atoms with E-state index >= 15 is 0 Å². The third-order valence-corrected chi connectivity index (χ3v) is 3.50. The molecule has 0 fully saturated rings. The molecule has 0 saturated carbocycles. The summed E-state index contributed by atoms with van der Waals surface area (Å²) in [6.45, 7) is 14.5. The highest BCUT2D eigenvalue weighted by atomic mass is 15.2. The van der Waals surface area contributed by atoms with Crippen LogP contribution in [0.25, 0.3) is 10.9 Å². The second-order valence-electron chi connectivity index (χ2n) is 6.85. The molecule has 0 saturated heterocycles. The summed E-state index contributed by atoms with van der Waals surface area (Å²) in [7, 11) is 0. The molecule has 0 aliphatic rings. The first kappa shape index (κ1) is 16.3. The standard InChI is InChI=1S/C18H26N4/c1-6-11-22(12-18(2,3)4)16-13-9-7-8-10-14(13)21-17(19)15(16)20-5/h7-10H,5-6,11-12H2,1-4H3,(H2,19,21). The molecule has 0 aliphatic heterocycles. The molecule has 118 valence electrons. The Hall–Kier alpha value is -2.10. The number of rotatable bonds is 5. The lowest BCUT2D eigenvalue weighted by atomic mass is 9.95. The lowest BCUT2D eigenvalue weighted by molar-refractivity contribution is 0.410. The summed E-state index contributed by atoms with van der Waals surface area (Å²) in [4.78, 5) is 11.0. The first-order chi connectivity index (χ1) is 10.4. The Morgan fingerprint density at radius 3 is 2.55 bits per heavy atom. The number of fused-ring (bicyclic) bond motifs is 1. The average Bonchev–Trinajstić information content (AvgIpc) is 2.44. The van der Waals surface area contributed by atoms with Gasteiger partial charge in [-0.2, -0.15) is 0 Å². The average molecular weight is 298 g/mol. The molecular weight excluding hydrogens is 272 g/mol. The van der Waals surface area contributed by atoms with E-state index in [1.807, 2.05) is 18.2 Å². The van der Waals surface area contributed by atoms with Crippen LogP contribution in [-0.2, 0) is 0 Å². The minimum absolute atomic E-state index is 0.173. The molecule has 4 heteroatoms. The smallest absolute Gasteiger partial charge is 0.152 e. The van der Waals surface area contributed by atoms with E-state index in [0.717, 1.165) is 36.1 Å². The van der Waals surface area contributed by atoms with Crippen molar-refractivity contribution in [2.45, 2.75) is 34.1 Å². The molecule has 0 amide bonds. The Morgan fingerprint density at radius 2 is 1.95 bits per heavy atom. The van der Waals surface area contributed by atoms with Crippen molar-refractivity contribution in [3.05, 3.63) is 24.3 Å². The molecule has 2 aromatic rings. The number of benzene rings is 1. The van der Waals surface area contributed by atoms with Gasteiger partial charge in [-0.1, -0.05) is 45.9 Å². The van der Waals surface area contributed by atoms with Gasteiger partial charge in [0.05, 0.1) is 11.2 Å². The van der Waals surface area contributed by atoms with Crippen molar-refractivity contribution in [2.75, 3.05) is 23.7 Å². The van der Waals surface area contributed by atoms with Gasteiger partial charge in [0.1, 0.15) is 5.69 Å². The van der Waals surface area contributed by atoms with Gasteiger partial charge < -0.3 is 10.6 Å². The largest absolute Gasteiger partial charge is 0.382 e. The van der Waals surface area contributed by atoms with Gasteiger partial charge in [-0.05, 0) is 24.6 Å². The summed E-state index contributed by atoms with van der Waals surface area (Å²) in [5, 5.41) is 1.08. The van der Waals surface area contributed by atoms with Crippen LogP contribution in [0.15, 0.2) is 29.3 Å². The Morgan fingerprint density at radius 1 is 1.27 bits per heavy atom. The van der Waals surface area contributed by atoms with E-state index in [1.165, 1.54) is 0 Å². The number of nitrogen functional groups attached to an aromatic ring is 1. The predicted octanol–water partition coefficient (Wildman–Crippen LogP) is 4.41. The van der Waals surface area contributed by atoms with Crippen molar-refractivity contribution in [1.82, 2.24) is 4.98 Å². The van der Waals surface area contributed by atoms with Crippen LogP contribution < -0.4 is 10.6 Å². The van der Waals surface area contributed by atoms with Crippen LogP contribution in [0, 0.1) is 5.41 Å². The van der Waals surface area contributed by atoms with Crippen molar-refractivity contribution in [3.63, 3.8) is 0 Å². The van der Waals surface area contributed by atoms with Crippen LogP contribution in [-0.4, -0.2) is 24.8 Å². The molecule has 0 aliphatic carbocycles. The molecule has 4 nitrogen and oxygen atoms in total. The summed E-state index contributed by atoms with van der Waals surface area (Å²) >= 11 is 0. The summed E-state index contributed by atoms with van der Waals surface area (Å²) in [5.74, 6) is 0.443. The van der Waals surface area contributed by atoms with Crippen molar-refractivity contribution < 1.29 is 0 Å². The lowest BCUT2D eigenvalue weighted by Gasteiger charge is -2.33. The molecule has 0 radical (unpaired) electrons. The molecule has 22 heavy (non-hydrogen) atoms. The van der Waals surface area contributed by atoms with E-state index in [0.29, 0.717) is 11.5 Å². The Bertz CT molecular complexity index is 671. The molecule has 0 unspecified atom stereocenters. The zero-order valence-corrected chi connectivity index (χ0v) is 14.1. The normalized spacial score (nSPS) is 11.6. The van der Waals surface area contributed by atoms with Gasteiger partial charge in [0.25, 0.3) is 0 Å². The number of anilines is 2. The summed E-state index contributed by atoms with van der Waals surface area (Å²) in [5.41, 5.74) is 8.94. The highest BCUT2D eigenvalue weighted by molar-refractivity contribution is 6.01.